The van der Waals surface area contributed by atoms with E-state index in [9.17, 15) is 15.4 Å². The lowest BCUT2D eigenvalue weighted by Crippen LogP contribution is -2.02. The third kappa shape index (κ3) is 4.32. The van der Waals surface area contributed by atoms with E-state index < -0.39 is 4.92 Å². The van der Waals surface area contributed by atoms with Gasteiger partial charge in [-0.2, -0.15) is 5.26 Å². The Morgan fingerprint density at radius 2 is 1.82 bits per heavy atom. The number of nitriles is 1. The van der Waals surface area contributed by atoms with E-state index in [0.717, 1.165) is 17.7 Å². The molecule has 2 aromatic rings. The van der Waals surface area contributed by atoms with Crippen LogP contribution in [0.2, 0.25) is 0 Å². The van der Waals surface area contributed by atoms with Gasteiger partial charge < -0.3 is 4.74 Å². The molecule has 0 amide bonds. The van der Waals surface area contributed by atoms with Crippen molar-refractivity contribution in [3.8, 4) is 11.8 Å². The van der Waals surface area contributed by atoms with E-state index in [1.165, 1.54) is 12.1 Å². The maximum Gasteiger partial charge on any atom is 0.269 e. The lowest BCUT2D eigenvalue weighted by Gasteiger charge is -2.10. The van der Waals surface area contributed by atoms with Gasteiger partial charge in [-0.15, -0.1) is 0 Å². The number of nitrogens with zero attached hydrogens (tertiary/aromatic N) is 2. The van der Waals surface area contributed by atoms with E-state index in [-0.39, 0.29) is 11.6 Å². The summed E-state index contributed by atoms with van der Waals surface area (Å²) in [5, 5.41) is 19.9. The van der Waals surface area contributed by atoms with Gasteiger partial charge in [0.15, 0.2) is 0 Å². The molecule has 0 heterocycles. The van der Waals surface area contributed by atoms with Gasteiger partial charge in [0.1, 0.15) is 5.75 Å². The van der Waals surface area contributed by atoms with Crippen LogP contribution < -0.4 is 4.74 Å². The van der Waals surface area contributed by atoms with Gasteiger partial charge in [0, 0.05) is 12.1 Å². The molecule has 0 aromatic heterocycles. The highest BCUT2D eigenvalue weighted by molar-refractivity contribution is 5.36. The Hall–Kier alpha value is -2.87. The van der Waals surface area contributed by atoms with Crippen molar-refractivity contribution in [2.75, 3.05) is 6.61 Å². The molecule has 5 heteroatoms. The van der Waals surface area contributed by atoms with Crippen molar-refractivity contribution < 1.29 is 9.66 Å². The van der Waals surface area contributed by atoms with Crippen LogP contribution in [0.5, 0.6) is 5.75 Å². The molecule has 22 heavy (non-hydrogen) atoms. The Bertz CT molecular complexity index is 648. The van der Waals surface area contributed by atoms with Crippen molar-refractivity contribution >= 4 is 5.69 Å². The summed E-state index contributed by atoms with van der Waals surface area (Å²) >= 11 is 0. The van der Waals surface area contributed by atoms with Crippen LogP contribution in [-0.2, 0) is 0 Å². The van der Waals surface area contributed by atoms with E-state index in [1.54, 1.807) is 12.1 Å². The highest BCUT2D eigenvalue weighted by Crippen LogP contribution is 2.23. The Kier molecular flexibility index (Phi) is 5.50. The highest BCUT2D eigenvalue weighted by Gasteiger charge is 2.12. The van der Waals surface area contributed by atoms with Crippen LogP contribution in [-0.4, -0.2) is 11.5 Å². The first-order chi connectivity index (χ1) is 10.7. The van der Waals surface area contributed by atoms with Gasteiger partial charge in [-0.1, -0.05) is 30.3 Å². The third-order valence-corrected chi connectivity index (χ3v) is 3.31. The molecular weight excluding hydrogens is 280 g/mol. The SMILES string of the molecule is N#CC(CCCOc1ccccc1)c1ccc([N+](=O)[O-])cc1. The second-order valence-electron chi connectivity index (χ2n) is 4.83. The first-order valence-corrected chi connectivity index (χ1v) is 7.02. The smallest absolute Gasteiger partial charge is 0.269 e. The molecule has 0 spiro atoms. The second kappa shape index (κ2) is 7.79. The van der Waals surface area contributed by atoms with Crippen LogP contribution in [0.4, 0.5) is 5.69 Å². The first-order valence-electron chi connectivity index (χ1n) is 7.02. The van der Waals surface area contributed by atoms with Gasteiger partial charge in [-0.05, 0) is 30.5 Å². The van der Waals surface area contributed by atoms with Crippen LogP contribution in [0.3, 0.4) is 0 Å². The number of para-hydroxylation sites is 1. The van der Waals surface area contributed by atoms with E-state index in [0.29, 0.717) is 13.0 Å². The zero-order valence-corrected chi connectivity index (χ0v) is 12.0. The van der Waals surface area contributed by atoms with Crippen molar-refractivity contribution in [2.24, 2.45) is 0 Å². The summed E-state index contributed by atoms with van der Waals surface area (Å²) in [6.45, 7) is 0.537. The summed E-state index contributed by atoms with van der Waals surface area (Å²) in [5.41, 5.74) is 0.834. The van der Waals surface area contributed by atoms with Gasteiger partial charge in [0.05, 0.1) is 23.5 Å². The standard InChI is InChI=1S/C17H16N2O3/c18-13-15(14-8-10-16(11-9-14)19(20)21)5-4-12-22-17-6-2-1-3-7-17/h1-3,6-11,15H,4-5,12H2. The number of hydrogen-bond donors (Lipinski definition) is 0. The van der Waals surface area contributed by atoms with Gasteiger partial charge in [-0.25, -0.2) is 0 Å². The average molecular weight is 296 g/mol. The minimum Gasteiger partial charge on any atom is -0.494 e. The van der Waals surface area contributed by atoms with Crippen molar-refractivity contribution in [1.82, 2.24) is 0 Å². The molecule has 0 N–H and O–H groups in total. The van der Waals surface area contributed by atoms with Crippen molar-refractivity contribution in [1.29, 1.82) is 5.26 Å². The summed E-state index contributed by atoms with van der Waals surface area (Å²) in [4.78, 5) is 10.2. The summed E-state index contributed by atoms with van der Waals surface area (Å²) in [7, 11) is 0. The number of hydrogen-bond acceptors (Lipinski definition) is 4. The molecule has 0 saturated carbocycles. The van der Waals surface area contributed by atoms with Crippen LogP contribution in [0, 0.1) is 21.4 Å². The van der Waals surface area contributed by atoms with Gasteiger partial charge in [0.25, 0.3) is 5.69 Å². The van der Waals surface area contributed by atoms with E-state index in [4.69, 9.17) is 4.74 Å². The second-order valence-corrected chi connectivity index (χ2v) is 4.83. The molecular formula is C17H16N2O3. The largest absolute Gasteiger partial charge is 0.494 e. The topological polar surface area (TPSA) is 76.2 Å². The molecule has 2 rings (SSSR count). The van der Waals surface area contributed by atoms with Crippen LogP contribution in [0.1, 0.15) is 24.3 Å². The first kappa shape index (κ1) is 15.5. The molecule has 0 bridgehead atoms. The van der Waals surface area contributed by atoms with Crippen LogP contribution in [0.25, 0.3) is 0 Å². The molecule has 0 aliphatic heterocycles. The van der Waals surface area contributed by atoms with Crippen molar-refractivity contribution in [2.45, 2.75) is 18.8 Å². The maximum absolute atomic E-state index is 10.6. The monoisotopic (exact) mass is 296 g/mol. The fraction of sp³-hybridized carbons (Fsp3) is 0.235. The molecule has 0 aliphatic rings. The third-order valence-electron chi connectivity index (χ3n) is 3.31. The lowest BCUT2D eigenvalue weighted by atomic mass is 9.96. The van der Waals surface area contributed by atoms with Crippen LogP contribution >= 0.6 is 0 Å². The Balaban J connectivity index is 1.84. The molecule has 112 valence electrons. The molecule has 1 atom stereocenters. The minimum absolute atomic E-state index is 0.0350. The van der Waals surface area contributed by atoms with Gasteiger partial charge in [-0.3, -0.25) is 10.1 Å². The number of non-ortho nitro benzene ring substituents is 1. The molecule has 5 nitrogen and oxygen atoms in total. The van der Waals surface area contributed by atoms with E-state index in [1.807, 2.05) is 30.3 Å². The highest BCUT2D eigenvalue weighted by atomic mass is 16.6. The molecule has 0 radical (unpaired) electrons. The summed E-state index contributed by atoms with van der Waals surface area (Å²) in [5.74, 6) is 0.534. The Morgan fingerprint density at radius 3 is 2.41 bits per heavy atom. The van der Waals surface area contributed by atoms with Crippen molar-refractivity contribution in [3.63, 3.8) is 0 Å². The fourth-order valence-electron chi connectivity index (χ4n) is 2.13. The van der Waals surface area contributed by atoms with E-state index >= 15 is 0 Å². The molecule has 2 aromatic carbocycles. The molecule has 0 aliphatic carbocycles. The Morgan fingerprint density at radius 1 is 1.14 bits per heavy atom. The zero-order valence-electron chi connectivity index (χ0n) is 12.0. The number of nitro groups is 1. The van der Waals surface area contributed by atoms with E-state index in [2.05, 4.69) is 6.07 Å². The fourth-order valence-corrected chi connectivity index (χ4v) is 2.13. The zero-order chi connectivity index (χ0) is 15.8. The number of nitro benzene ring substituents is 1. The predicted molar refractivity (Wildman–Crippen MR) is 82.6 cm³/mol. The molecule has 1 unspecified atom stereocenters. The lowest BCUT2D eigenvalue weighted by molar-refractivity contribution is -0.384. The number of ether oxygens (including phenoxy) is 1. The van der Waals surface area contributed by atoms with Crippen LogP contribution in [0.15, 0.2) is 54.6 Å². The maximum atomic E-state index is 10.6. The summed E-state index contributed by atoms with van der Waals surface area (Å²) in [6.07, 6.45) is 1.39. The average Bonchev–Trinajstić information content (AvgIpc) is 2.56. The minimum atomic E-state index is -0.446. The predicted octanol–water partition coefficient (Wildman–Crippen LogP) is 4.06. The molecule has 0 fully saturated rings. The summed E-state index contributed by atoms with van der Waals surface area (Å²) in [6, 6.07) is 17.9. The Labute approximate surface area is 128 Å². The van der Waals surface area contributed by atoms with Crippen molar-refractivity contribution in [3.05, 3.63) is 70.3 Å². The summed E-state index contributed by atoms with van der Waals surface area (Å²) < 4.78 is 5.59. The molecule has 0 saturated heterocycles. The number of benzene rings is 2. The normalized spacial score (nSPS) is 11.4. The van der Waals surface area contributed by atoms with Gasteiger partial charge in [0.2, 0.25) is 0 Å². The number of rotatable bonds is 7. The quantitative estimate of drug-likeness (QED) is 0.438. The van der Waals surface area contributed by atoms with Gasteiger partial charge >= 0.3 is 0 Å².